The molecule has 2 aliphatic rings. The van der Waals surface area contributed by atoms with Gasteiger partial charge in [-0.25, -0.2) is 4.63 Å². The van der Waals surface area contributed by atoms with Crippen LogP contribution in [-0.2, 0) is 9.73 Å². The van der Waals surface area contributed by atoms with E-state index in [1.807, 2.05) is 6.07 Å². The number of halogens is 1. The van der Waals surface area contributed by atoms with E-state index < -0.39 is 4.99 Å². The molecule has 2 aromatic rings. The molecule has 24 heavy (non-hydrogen) atoms. The number of ether oxygens (including phenoxy) is 1. The van der Waals surface area contributed by atoms with Crippen LogP contribution in [0.5, 0.6) is 0 Å². The predicted octanol–water partition coefficient (Wildman–Crippen LogP) is 0.609. The number of fused-ring (bicyclic) bond motifs is 1. The molecule has 1 saturated heterocycles. The third-order valence-electron chi connectivity index (χ3n) is 3.99. The summed E-state index contributed by atoms with van der Waals surface area (Å²) in [5, 5.41) is 16.4. The lowest BCUT2D eigenvalue weighted by Crippen LogP contribution is -2.43. The van der Waals surface area contributed by atoms with Crippen LogP contribution in [-0.4, -0.2) is 48.8 Å². The van der Waals surface area contributed by atoms with Gasteiger partial charge in [-0.1, -0.05) is 11.6 Å². The Bertz CT molecular complexity index is 807. The average Bonchev–Trinajstić information content (AvgIpc) is 3.22. The first kappa shape index (κ1) is 15.8. The molecular formula is C13H16ClN7O2S. The third-order valence-corrected chi connectivity index (χ3v) is 5.39. The Balaban J connectivity index is 1.81. The summed E-state index contributed by atoms with van der Waals surface area (Å²) >= 11 is 7.89. The van der Waals surface area contributed by atoms with E-state index in [0.717, 1.165) is 18.8 Å². The molecule has 0 saturated carbocycles. The van der Waals surface area contributed by atoms with Crippen molar-refractivity contribution in [3.8, 4) is 0 Å². The molecule has 2 aliphatic heterocycles. The fraction of sp³-hybridized carbons (Fsp3) is 0.462. The zero-order valence-corrected chi connectivity index (χ0v) is 14.4. The van der Waals surface area contributed by atoms with Gasteiger partial charge in [-0.05, 0) is 28.1 Å². The minimum absolute atomic E-state index is 0.481. The van der Waals surface area contributed by atoms with Gasteiger partial charge in [0.25, 0.3) is 0 Å². The molecule has 1 aromatic heterocycles. The van der Waals surface area contributed by atoms with Crippen molar-refractivity contribution in [3.63, 3.8) is 0 Å². The number of rotatable bonds is 2. The maximum absolute atomic E-state index is 6.57. The maximum atomic E-state index is 6.57. The van der Waals surface area contributed by atoms with Gasteiger partial charge >= 0.3 is 0 Å². The van der Waals surface area contributed by atoms with Gasteiger partial charge in [0.2, 0.25) is 0 Å². The van der Waals surface area contributed by atoms with Crippen molar-refractivity contribution in [3.05, 3.63) is 16.7 Å². The largest absolute Gasteiger partial charge is 0.378 e. The van der Waals surface area contributed by atoms with Gasteiger partial charge in [0.1, 0.15) is 5.52 Å². The van der Waals surface area contributed by atoms with Gasteiger partial charge in [-0.3, -0.25) is 11.2 Å². The molecule has 1 unspecified atom stereocenters. The smallest absolute Gasteiger partial charge is 0.187 e. The van der Waals surface area contributed by atoms with E-state index in [4.69, 9.17) is 26.7 Å². The molecule has 0 radical (unpaired) electrons. The summed E-state index contributed by atoms with van der Waals surface area (Å²) < 4.78 is 10.4. The van der Waals surface area contributed by atoms with Crippen LogP contribution in [0.25, 0.3) is 11.0 Å². The minimum Gasteiger partial charge on any atom is -0.378 e. The fourth-order valence-corrected chi connectivity index (χ4v) is 4.13. The maximum Gasteiger partial charge on any atom is 0.187 e. The molecule has 0 spiro atoms. The number of anilines is 1. The van der Waals surface area contributed by atoms with E-state index >= 15 is 0 Å². The normalized spacial score (nSPS) is 24.1. The van der Waals surface area contributed by atoms with Gasteiger partial charge in [-0.2, -0.15) is 5.10 Å². The number of benzene rings is 1. The van der Waals surface area contributed by atoms with Crippen molar-refractivity contribution < 1.29 is 9.37 Å². The molecule has 0 aliphatic carbocycles. The molecule has 4 rings (SSSR count). The van der Waals surface area contributed by atoms with Crippen molar-refractivity contribution in [2.24, 2.45) is 10.8 Å². The number of thioether (sulfide) groups is 1. The number of hydrazone groups is 1. The number of nitrogens with two attached hydrogens (primary N) is 1. The summed E-state index contributed by atoms with van der Waals surface area (Å²) in [7, 11) is 1.77. The van der Waals surface area contributed by atoms with Crippen molar-refractivity contribution in [1.29, 1.82) is 0 Å². The Hall–Kier alpha value is -1.75. The lowest BCUT2D eigenvalue weighted by molar-refractivity contribution is 0.123. The highest BCUT2D eigenvalue weighted by atomic mass is 35.5. The van der Waals surface area contributed by atoms with E-state index in [-0.39, 0.29) is 0 Å². The summed E-state index contributed by atoms with van der Waals surface area (Å²) in [4.78, 5) is 1.11. The van der Waals surface area contributed by atoms with E-state index in [2.05, 4.69) is 31.1 Å². The average molecular weight is 370 g/mol. The first-order valence-corrected chi connectivity index (χ1v) is 8.60. The van der Waals surface area contributed by atoms with Crippen LogP contribution in [0.3, 0.4) is 0 Å². The number of nitrogens with zero attached hydrogens (tertiary/aromatic N) is 4. The lowest BCUT2D eigenvalue weighted by atomic mass is 10.1. The van der Waals surface area contributed by atoms with Gasteiger partial charge in [-0.15, -0.1) is 0 Å². The monoisotopic (exact) mass is 369 g/mol. The molecule has 11 heteroatoms. The predicted molar refractivity (Wildman–Crippen MR) is 92.9 cm³/mol. The van der Waals surface area contributed by atoms with Gasteiger partial charge in [0, 0.05) is 20.1 Å². The van der Waals surface area contributed by atoms with Crippen molar-refractivity contribution in [2.75, 3.05) is 38.3 Å². The number of morpholine rings is 1. The first-order chi connectivity index (χ1) is 11.6. The van der Waals surface area contributed by atoms with Crippen LogP contribution in [0.2, 0.25) is 5.02 Å². The minimum atomic E-state index is -1.05. The number of nitrogens with one attached hydrogen (secondary N) is 2. The second kappa shape index (κ2) is 5.96. The number of aromatic nitrogens is 2. The lowest BCUT2D eigenvalue weighted by Gasteiger charge is -2.30. The summed E-state index contributed by atoms with van der Waals surface area (Å²) in [6.07, 6.45) is 0. The Morgan fingerprint density at radius 1 is 1.38 bits per heavy atom. The van der Waals surface area contributed by atoms with Crippen molar-refractivity contribution in [2.45, 2.75) is 4.99 Å². The zero-order valence-electron chi connectivity index (χ0n) is 12.9. The SMILES string of the molecule is CNC1=NNC(N)(c2c(Cl)cc(N3CCOCC3)c3nonc23)S1. The summed E-state index contributed by atoms with van der Waals surface area (Å²) in [6.45, 7) is 2.82. The van der Waals surface area contributed by atoms with E-state index in [0.29, 0.717) is 40.0 Å². The number of hydrogen-bond acceptors (Lipinski definition) is 10. The van der Waals surface area contributed by atoms with Crippen LogP contribution in [0.15, 0.2) is 15.8 Å². The van der Waals surface area contributed by atoms with Crippen LogP contribution in [0.1, 0.15) is 5.56 Å². The molecule has 0 bridgehead atoms. The summed E-state index contributed by atoms with van der Waals surface area (Å²) in [5.74, 6) is 0. The molecule has 4 N–H and O–H groups in total. The Kier molecular flexibility index (Phi) is 3.91. The van der Waals surface area contributed by atoms with Gasteiger partial charge in [0.05, 0.1) is 29.5 Å². The van der Waals surface area contributed by atoms with Crippen LogP contribution >= 0.6 is 23.4 Å². The van der Waals surface area contributed by atoms with Gasteiger partial charge in [0.15, 0.2) is 15.7 Å². The van der Waals surface area contributed by atoms with Crippen LogP contribution < -0.4 is 21.4 Å². The molecular weight excluding hydrogens is 354 g/mol. The summed E-state index contributed by atoms with van der Waals surface area (Å²) in [5.41, 5.74) is 12.0. The molecule has 1 fully saturated rings. The third kappa shape index (κ3) is 2.46. The molecule has 128 valence electrons. The van der Waals surface area contributed by atoms with Crippen molar-refractivity contribution >= 4 is 45.3 Å². The number of amidine groups is 1. The van der Waals surface area contributed by atoms with E-state index in [1.54, 1.807) is 7.05 Å². The second-order valence-corrected chi connectivity index (χ2v) is 7.07. The van der Waals surface area contributed by atoms with E-state index in [9.17, 15) is 0 Å². The van der Waals surface area contributed by atoms with Crippen LogP contribution in [0, 0.1) is 0 Å². The number of hydrogen-bond donors (Lipinski definition) is 3. The highest BCUT2D eigenvalue weighted by Crippen LogP contribution is 2.43. The first-order valence-electron chi connectivity index (χ1n) is 7.41. The van der Waals surface area contributed by atoms with E-state index in [1.165, 1.54) is 11.8 Å². The van der Waals surface area contributed by atoms with Crippen LogP contribution in [0.4, 0.5) is 5.69 Å². The standard InChI is InChI=1S/C13H16ClN7O2S/c1-16-12-17-20-13(15,24-12)9-7(14)6-8(10-11(9)19-23-18-10)21-2-4-22-5-3-21/h6,20H,2-5,15H2,1H3,(H,16,17). The fourth-order valence-electron chi connectivity index (χ4n) is 2.84. The summed E-state index contributed by atoms with van der Waals surface area (Å²) in [6, 6.07) is 1.85. The molecule has 1 atom stereocenters. The highest BCUT2D eigenvalue weighted by Gasteiger charge is 2.40. The zero-order chi connectivity index (χ0) is 16.7. The molecule has 0 amide bonds. The Morgan fingerprint density at radius 2 is 2.12 bits per heavy atom. The second-order valence-electron chi connectivity index (χ2n) is 5.43. The topological polar surface area (TPSA) is 114 Å². The Morgan fingerprint density at radius 3 is 2.83 bits per heavy atom. The highest BCUT2D eigenvalue weighted by molar-refractivity contribution is 8.14. The van der Waals surface area contributed by atoms with Crippen molar-refractivity contribution in [1.82, 2.24) is 21.1 Å². The van der Waals surface area contributed by atoms with Gasteiger partial charge < -0.3 is 15.0 Å². The Labute approximate surface area is 146 Å². The molecule has 9 nitrogen and oxygen atoms in total. The molecule has 1 aromatic carbocycles. The quantitative estimate of drug-likeness (QED) is 0.700. The molecule has 3 heterocycles.